The lowest BCUT2D eigenvalue weighted by molar-refractivity contribution is -0.141. The molecule has 4 nitrogen and oxygen atoms in total. The van der Waals surface area contributed by atoms with Crippen LogP contribution in [-0.4, -0.2) is 47.6 Å². The monoisotopic (exact) mass is 336 g/mol. The van der Waals surface area contributed by atoms with Gasteiger partial charge in [0.2, 0.25) is 5.95 Å². The third-order valence-corrected chi connectivity index (χ3v) is 4.15. The van der Waals surface area contributed by atoms with Crippen LogP contribution in [0.3, 0.4) is 0 Å². The first-order valence-corrected chi connectivity index (χ1v) is 7.94. The van der Waals surface area contributed by atoms with Crippen molar-refractivity contribution in [2.24, 2.45) is 0 Å². The topological polar surface area (TPSA) is 32.3 Å². The maximum Gasteiger partial charge on any atom is 0.433 e. The van der Waals surface area contributed by atoms with Crippen molar-refractivity contribution in [3.8, 4) is 0 Å². The maximum atomic E-state index is 12.7. The van der Waals surface area contributed by atoms with E-state index in [1.165, 1.54) is 11.8 Å². The molecule has 0 radical (unpaired) electrons. The van der Waals surface area contributed by atoms with Gasteiger partial charge in [-0.3, -0.25) is 4.90 Å². The minimum atomic E-state index is -4.44. The zero-order chi connectivity index (χ0) is 17.0. The third-order valence-electron chi connectivity index (χ3n) is 4.15. The smallest absolute Gasteiger partial charge is 0.338 e. The van der Waals surface area contributed by atoms with E-state index in [4.69, 9.17) is 0 Å². The molecule has 1 aromatic carbocycles. The molecule has 0 amide bonds. The van der Waals surface area contributed by atoms with Crippen molar-refractivity contribution < 1.29 is 13.2 Å². The summed E-state index contributed by atoms with van der Waals surface area (Å²) in [6.07, 6.45) is -2.29. The number of benzene rings is 1. The van der Waals surface area contributed by atoms with Gasteiger partial charge < -0.3 is 4.90 Å². The number of hydrogen-bond donors (Lipinski definition) is 0. The summed E-state index contributed by atoms with van der Waals surface area (Å²) >= 11 is 0. The summed E-state index contributed by atoms with van der Waals surface area (Å²) in [6.45, 7) is 3.81. The average molecular weight is 336 g/mol. The Hall–Kier alpha value is -2.15. The molecular weight excluding hydrogens is 317 g/mol. The molecule has 2 heterocycles. The highest BCUT2D eigenvalue weighted by Gasteiger charge is 2.33. The van der Waals surface area contributed by atoms with Crippen LogP contribution in [-0.2, 0) is 12.6 Å². The zero-order valence-electron chi connectivity index (χ0n) is 13.2. The molecule has 1 aromatic heterocycles. The summed E-state index contributed by atoms with van der Waals surface area (Å²) < 4.78 is 38.2. The molecule has 0 bridgehead atoms. The Morgan fingerprint density at radius 2 is 1.67 bits per heavy atom. The Morgan fingerprint density at radius 3 is 2.33 bits per heavy atom. The fourth-order valence-electron chi connectivity index (χ4n) is 2.76. The van der Waals surface area contributed by atoms with Crippen molar-refractivity contribution in [1.82, 2.24) is 14.9 Å². The van der Waals surface area contributed by atoms with E-state index in [0.717, 1.165) is 32.1 Å². The summed E-state index contributed by atoms with van der Waals surface area (Å²) in [5.41, 5.74) is 0.403. The molecule has 3 rings (SSSR count). The van der Waals surface area contributed by atoms with E-state index in [9.17, 15) is 13.2 Å². The van der Waals surface area contributed by atoms with Crippen molar-refractivity contribution in [3.05, 3.63) is 53.9 Å². The molecule has 1 aliphatic heterocycles. The molecule has 7 heteroatoms. The molecule has 0 saturated carbocycles. The van der Waals surface area contributed by atoms with Gasteiger partial charge in [-0.15, -0.1) is 0 Å². The minimum absolute atomic E-state index is 0.160. The van der Waals surface area contributed by atoms with E-state index in [1.54, 1.807) is 0 Å². The quantitative estimate of drug-likeness (QED) is 0.859. The number of alkyl halides is 3. The lowest BCUT2D eigenvalue weighted by atomic mass is 10.1. The van der Waals surface area contributed by atoms with E-state index in [1.807, 2.05) is 23.1 Å². The Bertz CT molecular complexity index is 652. The lowest BCUT2D eigenvalue weighted by Gasteiger charge is -2.34. The second-order valence-corrected chi connectivity index (χ2v) is 5.80. The summed E-state index contributed by atoms with van der Waals surface area (Å²) in [7, 11) is 0. The van der Waals surface area contributed by atoms with Gasteiger partial charge in [-0.1, -0.05) is 30.3 Å². The third kappa shape index (κ3) is 4.23. The number of halogens is 3. The second-order valence-electron chi connectivity index (χ2n) is 5.80. The van der Waals surface area contributed by atoms with E-state index in [-0.39, 0.29) is 5.95 Å². The molecule has 1 fully saturated rings. The van der Waals surface area contributed by atoms with Gasteiger partial charge in [-0.2, -0.15) is 13.2 Å². The van der Waals surface area contributed by atoms with E-state index < -0.39 is 11.9 Å². The van der Waals surface area contributed by atoms with Gasteiger partial charge in [0.25, 0.3) is 0 Å². The molecule has 0 atom stereocenters. The van der Waals surface area contributed by atoms with Crippen LogP contribution in [0.5, 0.6) is 0 Å². The van der Waals surface area contributed by atoms with E-state index in [2.05, 4.69) is 27.0 Å². The first kappa shape index (κ1) is 16.7. The van der Waals surface area contributed by atoms with Crippen LogP contribution in [0.25, 0.3) is 0 Å². The highest BCUT2D eigenvalue weighted by Crippen LogP contribution is 2.28. The van der Waals surface area contributed by atoms with Crippen molar-refractivity contribution in [1.29, 1.82) is 0 Å². The minimum Gasteiger partial charge on any atom is -0.338 e. The van der Waals surface area contributed by atoms with Crippen LogP contribution in [0.2, 0.25) is 0 Å². The largest absolute Gasteiger partial charge is 0.433 e. The van der Waals surface area contributed by atoms with E-state index in [0.29, 0.717) is 13.1 Å². The highest BCUT2D eigenvalue weighted by atomic mass is 19.4. The Labute approximate surface area is 138 Å². The van der Waals surface area contributed by atoms with Gasteiger partial charge in [0.1, 0.15) is 5.69 Å². The summed E-state index contributed by atoms with van der Waals surface area (Å²) in [5.74, 6) is 0.160. The molecule has 128 valence electrons. The molecule has 2 aromatic rings. The van der Waals surface area contributed by atoms with Crippen LogP contribution in [0, 0.1) is 0 Å². The van der Waals surface area contributed by atoms with Crippen molar-refractivity contribution in [2.45, 2.75) is 12.6 Å². The van der Waals surface area contributed by atoms with Crippen LogP contribution in [0.15, 0.2) is 42.6 Å². The van der Waals surface area contributed by atoms with Crippen molar-refractivity contribution in [3.63, 3.8) is 0 Å². The SMILES string of the molecule is FC(F)(F)c1ccnc(N2CCN(CCc3ccccc3)CC2)n1. The maximum absolute atomic E-state index is 12.7. The predicted octanol–water partition coefficient (Wildman–Crippen LogP) is 2.86. The summed E-state index contributed by atoms with van der Waals surface area (Å²) in [6, 6.07) is 11.2. The van der Waals surface area contributed by atoms with Crippen LogP contribution in [0.4, 0.5) is 19.1 Å². The van der Waals surface area contributed by atoms with Crippen molar-refractivity contribution in [2.75, 3.05) is 37.6 Å². The number of aromatic nitrogens is 2. The number of nitrogens with zero attached hydrogens (tertiary/aromatic N) is 4. The first-order valence-electron chi connectivity index (χ1n) is 7.94. The summed E-state index contributed by atoms with van der Waals surface area (Å²) in [4.78, 5) is 11.8. The highest BCUT2D eigenvalue weighted by molar-refractivity contribution is 5.31. The zero-order valence-corrected chi connectivity index (χ0v) is 13.2. The predicted molar refractivity (Wildman–Crippen MR) is 85.8 cm³/mol. The standard InChI is InChI=1S/C17H19F3N4/c18-17(19,20)15-6-8-21-16(22-15)24-12-10-23(11-13-24)9-7-14-4-2-1-3-5-14/h1-6,8H,7,9-13H2. The Morgan fingerprint density at radius 1 is 0.958 bits per heavy atom. The lowest BCUT2D eigenvalue weighted by Crippen LogP contribution is -2.47. The Balaban J connectivity index is 1.53. The average Bonchev–Trinajstić information content (AvgIpc) is 2.61. The molecular formula is C17H19F3N4. The fraction of sp³-hybridized carbons (Fsp3) is 0.412. The van der Waals surface area contributed by atoms with Crippen LogP contribution < -0.4 is 4.90 Å². The first-order chi connectivity index (χ1) is 11.5. The van der Waals surface area contributed by atoms with Crippen molar-refractivity contribution >= 4 is 5.95 Å². The van der Waals surface area contributed by atoms with Gasteiger partial charge >= 0.3 is 6.18 Å². The van der Waals surface area contributed by atoms with Crippen LogP contribution in [0.1, 0.15) is 11.3 Å². The van der Waals surface area contributed by atoms with E-state index >= 15 is 0 Å². The molecule has 0 aliphatic carbocycles. The van der Waals surface area contributed by atoms with Gasteiger partial charge in [0.15, 0.2) is 0 Å². The normalized spacial score (nSPS) is 16.4. The van der Waals surface area contributed by atoms with Gasteiger partial charge in [0.05, 0.1) is 0 Å². The van der Waals surface area contributed by atoms with Gasteiger partial charge in [-0.05, 0) is 18.1 Å². The Kier molecular flexibility index (Phi) is 4.99. The van der Waals surface area contributed by atoms with Gasteiger partial charge in [-0.25, -0.2) is 9.97 Å². The molecule has 24 heavy (non-hydrogen) atoms. The molecule has 0 unspecified atom stereocenters. The molecule has 1 aliphatic rings. The number of piperazine rings is 1. The second kappa shape index (κ2) is 7.17. The molecule has 0 spiro atoms. The van der Waals surface area contributed by atoms with Gasteiger partial charge in [0, 0.05) is 38.9 Å². The molecule has 1 saturated heterocycles. The fourth-order valence-corrected chi connectivity index (χ4v) is 2.76. The number of hydrogen-bond acceptors (Lipinski definition) is 4. The molecule has 0 N–H and O–H groups in total. The number of anilines is 1. The number of rotatable bonds is 4. The van der Waals surface area contributed by atoms with Crippen LogP contribution >= 0.6 is 0 Å². The summed E-state index contributed by atoms with van der Waals surface area (Å²) in [5, 5.41) is 0.